The van der Waals surface area contributed by atoms with Gasteiger partial charge in [0.2, 0.25) is 0 Å². The van der Waals surface area contributed by atoms with Crippen LogP contribution in [0.5, 0.6) is 0 Å². The van der Waals surface area contributed by atoms with Crippen LogP contribution in [0.4, 0.5) is 0 Å². The van der Waals surface area contributed by atoms with Crippen LogP contribution in [0.1, 0.15) is 59.3 Å². The van der Waals surface area contributed by atoms with E-state index in [1.807, 2.05) is 6.92 Å². The highest BCUT2D eigenvalue weighted by Gasteiger charge is 2.57. The first-order valence-corrected chi connectivity index (χ1v) is 9.48. The van der Waals surface area contributed by atoms with Crippen molar-refractivity contribution in [1.29, 1.82) is 0 Å². The van der Waals surface area contributed by atoms with Gasteiger partial charge in [0, 0.05) is 12.0 Å². The molecule has 0 unspecified atom stereocenters. The highest BCUT2D eigenvalue weighted by atomic mass is 16.3. The van der Waals surface area contributed by atoms with Crippen molar-refractivity contribution in [1.82, 2.24) is 0 Å². The van der Waals surface area contributed by atoms with Crippen molar-refractivity contribution >= 4 is 0 Å². The molecule has 0 saturated heterocycles. The zero-order valence-electron chi connectivity index (χ0n) is 15.3. The summed E-state index contributed by atoms with van der Waals surface area (Å²) in [6.45, 7) is 6.41. The molecule has 0 aromatic rings. The number of allylic oxidation sites excluding steroid dienone is 1. The summed E-state index contributed by atoms with van der Waals surface area (Å²) in [6.07, 6.45) is 6.54. The minimum Gasteiger partial charge on any atom is -0.396 e. The summed E-state index contributed by atoms with van der Waals surface area (Å²) < 4.78 is 0. The quantitative estimate of drug-likeness (QED) is 0.595. The minimum atomic E-state index is -0.712. The summed E-state index contributed by atoms with van der Waals surface area (Å²) in [5.41, 5.74) is 0.843. The SMILES string of the molecule is C[C@@]1(CO)C[C@H](O)C[C@]2(C)[C@H]3CC[C@](C)([C@@H](O)CO)C=C3CC[C@@H]12. The molecule has 0 amide bonds. The van der Waals surface area contributed by atoms with Gasteiger partial charge in [0.1, 0.15) is 0 Å². The van der Waals surface area contributed by atoms with Crippen molar-refractivity contribution < 1.29 is 20.4 Å². The van der Waals surface area contributed by atoms with Crippen molar-refractivity contribution in [2.24, 2.45) is 28.1 Å². The van der Waals surface area contributed by atoms with Gasteiger partial charge < -0.3 is 20.4 Å². The van der Waals surface area contributed by atoms with E-state index in [0.29, 0.717) is 18.3 Å². The molecular weight excluding hydrogens is 304 g/mol. The molecule has 0 radical (unpaired) electrons. The monoisotopic (exact) mass is 338 g/mol. The van der Waals surface area contributed by atoms with Crippen LogP contribution in [-0.2, 0) is 0 Å². The lowest BCUT2D eigenvalue weighted by molar-refractivity contribution is -0.134. The van der Waals surface area contributed by atoms with Crippen LogP contribution >= 0.6 is 0 Å². The molecule has 4 N–H and O–H groups in total. The zero-order valence-corrected chi connectivity index (χ0v) is 15.3. The van der Waals surface area contributed by atoms with Gasteiger partial charge in [-0.05, 0) is 61.2 Å². The molecule has 0 aromatic heterocycles. The Hall–Kier alpha value is -0.420. The van der Waals surface area contributed by atoms with Crippen LogP contribution in [0.2, 0.25) is 0 Å². The Morgan fingerprint density at radius 2 is 1.88 bits per heavy atom. The van der Waals surface area contributed by atoms with Crippen molar-refractivity contribution in [2.45, 2.75) is 71.5 Å². The molecule has 7 atom stereocenters. The van der Waals surface area contributed by atoms with Crippen molar-refractivity contribution in [3.8, 4) is 0 Å². The number of rotatable bonds is 3. The molecule has 0 aliphatic heterocycles. The Bertz CT molecular complexity index is 518. The number of hydrogen-bond acceptors (Lipinski definition) is 4. The van der Waals surface area contributed by atoms with E-state index in [0.717, 1.165) is 32.1 Å². The molecule has 3 aliphatic carbocycles. The topological polar surface area (TPSA) is 80.9 Å². The Kier molecular flexibility index (Phi) is 4.66. The second kappa shape index (κ2) is 6.08. The number of hydrogen-bond donors (Lipinski definition) is 4. The smallest absolute Gasteiger partial charge is 0.0858 e. The van der Waals surface area contributed by atoms with Crippen LogP contribution < -0.4 is 0 Å². The standard InChI is InChI=1S/C20H34O4/c1-18(17(24)11-21)7-6-15-13(8-18)4-5-16-19(2,12-22)9-14(23)10-20(15,16)3/h8,14-17,21-24H,4-7,9-12H2,1-3H3/t14-,15-,16-,17-,18-,19-,20+/m0/s1. The fraction of sp³-hybridized carbons (Fsp3) is 0.900. The van der Waals surface area contributed by atoms with Crippen LogP contribution in [-0.4, -0.2) is 45.8 Å². The summed E-state index contributed by atoms with van der Waals surface area (Å²) in [7, 11) is 0. The Labute approximate surface area is 145 Å². The van der Waals surface area contributed by atoms with Gasteiger partial charge in [-0.25, -0.2) is 0 Å². The average Bonchev–Trinajstić information content (AvgIpc) is 2.52. The lowest BCUT2D eigenvalue weighted by atomic mass is 9.44. The number of aliphatic hydroxyl groups excluding tert-OH is 4. The molecular formula is C20H34O4. The molecule has 0 bridgehead atoms. The summed E-state index contributed by atoms with van der Waals surface area (Å²) >= 11 is 0. The Morgan fingerprint density at radius 3 is 2.50 bits per heavy atom. The van der Waals surface area contributed by atoms with Crippen LogP contribution in [0.3, 0.4) is 0 Å². The molecule has 138 valence electrons. The van der Waals surface area contributed by atoms with Crippen molar-refractivity contribution in [3.05, 3.63) is 11.6 Å². The van der Waals surface area contributed by atoms with Gasteiger partial charge in [0.25, 0.3) is 0 Å². The second-order valence-electron chi connectivity index (χ2n) is 9.49. The van der Waals surface area contributed by atoms with Gasteiger partial charge in [-0.1, -0.05) is 32.4 Å². The number of fused-ring (bicyclic) bond motifs is 3. The average molecular weight is 338 g/mol. The summed E-state index contributed by atoms with van der Waals surface area (Å²) in [6, 6.07) is 0. The lowest BCUT2D eigenvalue weighted by Crippen LogP contribution is -2.56. The van der Waals surface area contributed by atoms with Gasteiger partial charge in [0.15, 0.2) is 0 Å². The second-order valence-corrected chi connectivity index (χ2v) is 9.49. The molecule has 3 rings (SSSR count). The van der Waals surface area contributed by atoms with E-state index < -0.39 is 6.10 Å². The molecule has 4 heteroatoms. The third kappa shape index (κ3) is 2.66. The first kappa shape index (κ1) is 18.4. The molecule has 2 fully saturated rings. The molecule has 4 nitrogen and oxygen atoms in total. The van der Waals surface area contributed by atoms with E-state index in [2.05, 4.69) is 19.9 Å². The predicted octanol–water partition coefficient (Wildman–Crippen LogP) is 2.25. The third-order valence-corrected chi connectivity index (χ3v) is 7.76. The van der Waals surface area contributed by atoms with Crippen LogP contribution in [0.15, 0.2) is 11.6 Å². The molecule has 24 heavy (non-hydrogen) atoms. The minimum absolute atomic E-state index is 0.00469. The number of aliphatic hydroxyl groups is 4. The van der Waals surface area contributed by atoms with E-state index in [1.54, 1.807) is 0 Å². The fourth-order valence-electron chi connectivity index (χ4n) is 6.46. The first-order valence-electron chi connectivity index (χ1n) is 9.48. The van der Waals surface area contributed by atoms with E-state index >= 15 is 0 Å². The van der Waals surface area contributed by atoms with Crippen molar-refractivity contribution in [3.63, 3.8) is 0 Å². The Morgan fingerprint density at radius 1 is 1.17 bits per heavy atom. The van der Waals surface area contributed by atoms with Crippen LogP contribution in [0, 0.1) is 28.1 Å². The van der Waals surface area contributed by atoms with Crippen molar-refractivity contribution in [2.75, 3.05) is 13.2 Å². The first-order chi connectivity index (χ1) is 11.2. The largest absolute Gasteiger partial charge is 0.396 e. The van der Waals surface area contributed by atoms with Gasteiger partial charge >= 0.3 is 0 Å². The molecule has 0 aromatic carbocycles. The van der Waals surface area contributed by atoms with E-state index in [-0.39, 0.29) is 35.6 Å². The normalized spacial score (nSPS) is 49.8. The molecule has 0 heterocycles. The van der Waals surface area contributed by atoms with Gasteiger partial charge in [-0.15, -0.1) is 0 Å². The fourth-order valence-corrected chi connectivity index (χ4v) is 6.46. The van der Waals surface area contributed by atoms with Crippen LogP contribution in [0.25, 0.3) is 0 Å². The molecule has 2 saturated carbocycles. The highest BCUT2D eigenvalue weighted by molar-refractivity contribution is 5.25. The maximum absolute atomic E-state index is 10.5. The summed E-state index contributed by atoms with van der Waals surface area (Å²) in [5, 5.41) is 40.1. The predicted molar refractivity (Wildman–Crippen MR) is 93.3 cm³/mol. The Balaban J connectivity index is 1.95. The lowest BCUT2D eigenvalue weighted by Gasteiger charge is -2.61. The molecule has 0 spiro atoms. The van der Waals surface area contributed by atoms with E-state index in [9.17, 15) is 20.4 Å². The third-order valence-electron chi connectivity index (χ3n) is 7.76. The van der Waals surface area contributed by atoms with Gasteiger partial charge in [0.05, 0.1) is 18.8 Å². The maximum Gasteiger partial charge on any atom is 0.0858 e. The highest BCUT2D eigenvalue weighted by Crippen LogP contribution is 2.63. The molecule has 3 aliphatic rings. The van der Waals surface area contributed by atoms with Gasteiger partial charge in [-0.2, -0.15) is 0 Å². The van der Waals surface area contributed by atoms with E-state index in [4.69, 9.17) is 0 Å². The van der Waals surface area contributed by atoms with Gasteiger partial charge in [-0.3, -0.25) is 0 Å². The zero-order chi connectivity index (χ0) is 17.8. The summed E-state index contributed by atoms with van der Waals surface area (Å²) in [4.78, 5) is 0. The summed E-state index contributed by atoms with van der Waals surface area (Å²) in [5.74, 6) is 0.837. The van der Waals surface area contributed by atoms with E-state index in [1.165, 1.54) is 5.57 Å². The maximum atomic E-state index is 10.5.